The number of benzene rings is 1. The van der Waals surface area contributed by atoms with Crippen molar-refractivity contribution in [1.82, 2.24) is 5.32 Å². The summed E-state index contributed by atoms with van der Waals surface area (Å²) in [6.45, 7) is 4.71. The number of nitro benzene ring substituents is 1. The number of halogens is 1. The van der Waals surface area contributed by atoms with Gasteiger partial charge in [-0.05, 0) is 55.5 Å². The van der Waals surface area contributed by atoms with Crippen LogP contribution in [0.25, 0.3) is 0 Å². The molecule has 0 heterocycles. The number of alkyl carbamates (subject to hydrolysis) is 1. The molecule has 9 nitrogen and oxygen atoms in total. The number of para-hydroxylation sites is 1. The smallest absolute Gasteiger partial charge is 0.408 e. The Bertz CT molecular complexity index is 644. The number of carboxylic acid groups (broad SMARTS) is 1. The highest BCUT2D eigenvalue weighted by molar-refractivity contribution is 14.1. The van der Waals surface area contributed by atoms with Crippen molar-refractivity contribution in [3.63, 3.8) is 0 Å². The molecule has 0 saturated heterocycles. The van der Waals surface area contributed by atoms with Crippen LogP contribution < -0.4 is 10.6 Å². The Morgan fingerprint density at radius 1 is 1.42 bits per heavy atom. The molecule has 0 aliphatic heterocycles. The van der Waals surface area contributed by atoms with Gasteiger partial charge in [-0.25, -0.2) is 9.59 Å². The first-order valence-electron chi connectivity index (χ1n) is 6.90. The van der Waals surface area contributed by atoms with Crippen molar-refractivity contribution >= 4 is 46.0 Å². The van der Waals surface area contributed by atoms with Gasteiger partial charge in [-0.3, -0.25) is 10.1 Å². The summed E-state index contributed by atoms with van der Waals surface area (Å²) < 4.78 is 5.41. The maximum Gasteiger partial charge on any atom is 0.408 e. The molecular weight excluding hydrogens is 433 g/mol. The number of aliphatic carboxylic acids is 1. The van der Waals surface area contributed by atoms with Crippen LogP contribution in [0.15, 0.2) is 18.2 Å². The minimum absolute atomic E-state index is 0.153. The van der Waals surface area contributed by atoms with Crippen molar-refractivity contribution in [2.24, 2.45) is 0 Å². The Balaban J connectivity index is 2.82. The van der Waals surface area contributed by atoms with Crippen molar-refractivity contribution in [3.8, 4) is 0 Å². The van der Waals surface area contributed by atoms with Crippen molar-refractivity contribution in [1.29, 1.82) is 0 Å². The van der Waals surface area contributed by atoms with Crippen LogP contribution in [0, 0.1) is 13.7 Å². The minimum Gasteiger partial charge on any atom is -0.480 e. The second kappa shape index (κ2) is 8.13. The van der Waals surface area contributed by atoms with Gasteiger partial charge >= 0.3 is 17.7 Å². The molecule has 0 unspecified atom stereocenters. The summed E-state index contributed by atoms with van der Waals surface area (Å²) in [5, 5.41) is 25.2. The number of anilines is 1. The van der Waals surface area contributed by atoms with Gasteiger partial charge in [0.05, 0.1) is 8.49 Å². The quantitative estimate of drug-likeness (QED) is 0.344. The molecule has 0 spiro atoms. The Labute approximate surface area is 152 Å². The third-order valence-corrected chi connectivity index (χ3v) is 3.53. The lowest BCUT2D eigenvalue weighted by molar-refractivity contribution is -0.384. The zero-order valence-electron chi connectivity index (χ0n) is 13.3. The maximum absolute atomic E-state index is 11.7. The van der Waals surface area contributed by atoms with Crippen LogP contribution in [0.5, 0.6) is 0 Å². The highest BCUT2D eigenvalue weighted by Gasteiger charge is 2.25. The van der Waals surface area contributed by atoms with Gasteiger partial charge in [0, 0.05) is 6.54 Å². The van der Waals surface area contributed by atoms with E-state index in [4.69, 9.17) is 4.74 Å². The molecule has 3 N–H and O–H groups in total. The topological polar surface area (TPSA) is 131 Å². The SMILES string of the molecule is CC(C)(C)OC(=O)N[C@@H](CNc1cccc(I)c1[N+](=O)[O-])C(=O)O. The third kappa shape index (κ3) is 6.18. The number of carbonyl (C=O) groups excluding carboxylic acids is 1. The molecule has 0 aromatic heterocycles. The minimum atomic E-state index is -1.31. The standard InChI is InChI=1S/C14H18IN3O6/c1-14(2,3)24-13(21)17-10(12(19)20)7-16-9-6-4-5-8(15)11(9)18(22)23/h4-6,10,16H,7H2,1-3H3,(H,17,21)(H,19,20)/t10-/m0/s1. The van der Waals surface area contributed by atoms with Crippen molar-refractivity contribution in [3.05, 3.63) is 31.9 Å². The van der Waals surface area contributed by atoms with Crippen molar-refractivity contribution in [2.45, 2.75) is 32.4 Å². The third-order valence-electron chi connectivity index (χ3n) is 2.66. The van der Waals surface area contributed by atoms with Crippen LogP contribution in [0.4, 0.5) is 16.2 Å². The second-order valence-electron chi connectivity index (χ2n) is 5.81. The van der Waals surface area contributed by atoms with E-state index in [2.05, 4.69) is 10.6 Å². The number of nitro groups is 1. The zero-order valence-corrected chi connectivity index (χ0v) is 15.5. The summed E-state index contributed by atoms with van der Waals surface area (Å²) in [5.74, 6) is -1.29. The molecule has 0 aliphatic carbocycles. The molecular formula is C14H18IN3O6. The Kier molecular flexibility index (Phi) is 6.75. The van der Waals surface area contributed by atoms with E-state index in [1.807, 2.05) is 22.6 Å². The van der Waals surface area contributed by atoms with Gasteiger partial charge in [-0.15, -0.1) is 0 Å². The Morgan fingerprint density at radius 2 is 2.04 bits per heavy atom. The lowest BCUT2D eigenvalue weighted by atomic mass is 10.2. The van der Waals surface area contributed by atoms with E-state index in [-0.39, 0.29) is 17.9 Å². The van der Waals surface area contributed by atoms with E-state index < -0.39 is 28.6 Å². The number of nitrogens with one attached hydrogen (secondary N) is 2. The number of carbonyl (C=O) groups is 2. The number of nitrogens with zero attached hydrogens (tertiary/aromatic N) is 1. The second-order valence-corrected chi connectivity index (χ2v) is 6.97. The lowest BCUT2D eigenvalue weighted by Gasteiger charge is -2.22. The number of hydrogen-bond donors (Lipinski definition) is 3. The molecule has 0 fully saturated rings. The molecule has 0 aliphatic rings. The maximum atomic E-state index is 11.7. The summed E-state index contributed by atoms with van der Waals surface area (Å²) >= 11 is 1.82. The van der Waals surface area contributed by atoms with Gasteiger partial charge in [0.2, 0.25) is 0 Å². The largest absolute Gasteiger partial charge is 0.480 e. The van der Waals surface area contributed by atoms with Gasteiger partial charge in [0.15, 0.2) is 0 Å². The van der Waals surface area contributed by atoms with Crippen molar-refractivity contribution in [2.75, 3.05) is 11.9 Å². The number of carboxylic acids is 1. The summed E-state index contributed by atoms with van der Waals surface area (Å²) in [7, 11) is 0. The average molecular weight is 451 g/mol. The summed E-state index contributed by atoms with van der Waals surface area (Å²) in [6.07, 6.45) is -0.881. The number of ether oxygens (including phenoxy) is 1. The van der Waals surface area contributed by atoms with Crippen LogP contribution in [-0.4, -0.2) is 40.3 Å². The van der Waals surface area contributed by atoms with E-state index in [9.17, 15) is 24.8 Å². The van der Waals surface area contributed by atoms with Gasteiger partial charge in [0.25, 0.3) is 0 Å². The molecule has 1 aromatic carbocycles. The monoisotopic (exact) mass is 451 g/mol. The molecule has 24 heavy (non-hydrogen) atoms. The van der Waals surface area contributed by atoms with Crippen LogP contribution in [-0.2, 0) is 9.53 Å². The fraction of sp³-hybridized carbons (Fsp3) is 0.429. The molecule has 10 heteroatoms. The van der Waals surface area contributed by atoms with E-state index in [1.165, 1.54) is 6.07 Å². The van der Waals surface area contributed by atoms with E-state index >= 15 is 0 Å². The predicted octanol–water partition coefficient (Wildman–Crippen LogP) is 2.59. The van der Waals surface area contributed by atoms with Crippen LogP contribution in [0.2, 0.25) is 0 Å². The molecule has 0 bridgehead atoms. The highest BCUT2D eigenvalue weighted by Crippen LogP contribution is 2.29. The molecule has 1 rings (SSSR count). The first kappa shape index (κ1) is 19.9. The summed E-state index contributed by atoms with van der Waals surface area (Å²) in [5.41, 5.74) is -0.752. The Morgan fingerprint density at radius 3 is 2.54 bits per heavy atom. The predicted molar refractivity (Wildman–Crippen MR) is 95.1 cm³/mol. The number of amides is 1. The molecule has 0 radical (unpaired) electrons. The normalized spacial score (nSPS) is 12.2. The molecule has 1 aromatic rings. The van der Waals surface area contributed by atoms with Gasteiger partial charge < -0.3 is 20.5 Å². The molecule has 1 amide bonds. The lowest BCUT2D eigenvalue weighted by Crippen LogP contribution is -2.47. The fourth-order valence-electron chi connectivity index (χ4n) is 1.71. The zero-order chi connectivity index (χ0) is 18.5. The highest BCUT2D eigenvalue weighted by atomic mass is 127. The number of rotatable bonds is 6. The molecule has 132 valence electrons. The van der Waals surface area contributed by atoms with Gasteiger partial charge in [0.1, 0.15) is 17.3 Å². The number of hydrogen-bond acceptors (Lipinski definition) is 6. The van der Waals surface area contributed by atoms with E-state index in [0.29, 0.717) is 3.57 Å². The molecule has 0 saturated carbocycles. The first-order valence-corrected chi connectivity index (χ1v) is 7.98. The molecule has 1 atom stereocenters. The first-order chi connectivity index (χ1) is 11.0. The summed E-state index contributed by atoms with van der Waals surface area (Å²) in [6, 6.07) is 3.33. The van der Waals surface area contributed by atoms with Crippen molar-refractivity contribution < 1.29 is 24.4 Å². The van der Waals surface area contributed by atoms with Crippen LogP contribution in [0.1, 0.15) is 20.8 Å². The van der Waals surface area contributed by atoms with Crippen LogP contribution in [0.3, 0.4) is 0 Å². The average Bonchev–Trinajstić information content (AvgIpc) is 2.40. The van der Waals surface area contributed by atoms with Crippen LogP contribution >= 0.6 is 22.6 Å². The fourth-order valence-corrected chi connectivity index (χ4v) is 2.40. The summed E-state index contributed by atoms with van der Waals surface area (Å²) in [4.78, 5) is 33.5. The van der Waals surface area contributed by atoms with Gasteiger partial charge in [-0.1, -0.05) is 6.07 Å². The van der Waals surface area contributed by atoms with Gasteiger partial charge in [-0.2, -0.15) is 0 Å². The van der Waals surface area contributed by atoms with E-state index in [0.717, 1.165) is 0 Å². The van der Waals surface area contributed by atoms with E-state index in [1.54, 1.807) is 32.9 Å². The Hall–Kier alpha value is -2.11.